The molecule has 0 aliphatic carbocycles. The first kappa shape index (κ1) is 17.0. The van der Waals surface area contributed by atoms with E-state index in [0.717, 1.165) is 27.9 Å². The quantitative estimate of drug-likeness (QED) is 0.569. The predicted octanol–water partition coefficient (Wildman–Crippen LogP) is 3.37. The largest absolute Gasteiger partial charge is 0.376 e. The third kappa shape index (κ3) is 2.94. The van der Waals surface area contributed by atoms with Crippen molar-refractivity contribution in [1.29, 1.82) is 0 Å². The van der Waals surface area contributed by atoms with Gasteiger partial charge in [0.1, 0.15) is 5.00 Å². The molecule has 1 aromatic carbocycles. The molecule has 0 saturated carbocycles. The van der Waals surface area contributed by atoms with E-state index in [9.17, 15) is 4.79 Å². The minimum Gasteiger partial charge on any atom is -0.376 e. The van der Waals surface area contributed by atoms with Crippen LogP contribution >= 0.6 is 11.3 Å². The summed E-state index contributed by atoms with van der Waals surface area (Å²) in [7, 11) is 0. The summed E-state index contributed by atoms with van der Waals surface area (Å²) in [5.74, 6) is 0.730. The number of nitrogens with one attached hydrogen (secondary N) is 1. The Hall–Kier alpha value is -3.17. The van der Waals surface area contributed by atoms with Gasteiger partial charge in [-0.2, -0.15) is 4.98 Å². The molecule has 0 saturated heterocycles. The van der Waals surface area contributed by atoms with Gasteiger partial charge in [0, 0.05) is 22.8 Å². The molecular weight excluding hydrogens is 378 g/mol. The average Bonchev–Trinajstić information content (AvgIpc) is 3.30. The molecule has 1 N–H and O–H groups in total. The van der Waals surface area contributed by atoms with E-state index in [1.54, 1.807) is 37.5 Å². The molecule has 0 fully saturated rings. The number of benzene rings is 1. The molecule has 4 aromatic rings. The maximum atomic E-state index is 12.9. The monoisotopic (exact) mass is 393 g/mol. The number of thiophene rings is 1. The van der Waals surface area contributed by atoms with Crippen molar-refractivity contribution in [3.63, 3.8) is 0 Å². The SMILES string of the molecule is Cc1noc(-c2c(NC(=O)c3ccc4nccnc4c3)sc3c2CCOC3)n1. The van der Waals surface area contributed by atoms with Crippen LogP contribution in [0.25, 0.3) is 22.5 Å². The summed E-state index contributed by atoms with van der Waals surface area (Å²) in [6.07, 6.45) is 3.97. The van der Waals surface area contributed by atoms with Crippen LogP contribution in [-0.2, 0) is 17.8 Å². The average molecular weight is 393 g/mol. The van der Waals surface area contributed by atoms with Crippen molar-refractivity contribution in [1.82, 2.24) is 20.1 Å². The van der Waals surface area contributed by atoms with Crippen molar-refractivity contribution in [3.05, 3.63) is 52.4 Å². The number of amides is 1. The zero-order chi connectivity index (χ0) is 19.1. The summed E-state index contributed by atoms with van der Waals surface area (Å²) >= 11 is 1.48. The zero-order valence-corrected chi connectivity index (χ0v) is 15.7. The number of aromatic nitrogens is 4. The maximum absolute atomic E-state index is 12.9. The van der Waals surface area contributed by atoms with Crippen molar-refractivity contribution in [2.24, 2.45) is 0 Å². The van der Waals surface area contributed by atoms with Gasteiger partial charge in [0.25, 0.3) is 11.8 Å². The van der Waals surface area contributed by atoms with E-state index >= 15 is 0 Å². The lowest BCUT2D eigenvalue weighted by molar-refractivity contribution is 0.102. The molecule has 0 unspecified atom stereocenters. The molecule has 8 nitrogen and oxygen atoms in total. The van der Waals surface area contributed by atoms with E-state index in [1.807, 2.05) is 0 Å². The number of hydrogen-bond acceptors (Lipinski definition) is 8. The van der Waals surface area contributed by atoms with Crippen molar-refractivity contribution in [3.8, 4) is 11.5 Å². The third-order valence-corrected chi connectivity index (χ3v) is 5.64. The molecule has 1 aliphatic rings. The Kier molecular flexibility index (Phi) is 4.10. The first-order valence-corrected chi connectivity index (χ1v) is 9.56. The Bertz CT molecular complexity index is 1200. The molecule has 4 heterocycles. The Morgan fingerprint density at radius 2 is 2.07 bits per heavy atom. The van der Waals surface area contributed by atoms with Gasteiger partial charge in [-0.15, -0.1) is 11.3 Å². The molecule has 3 aromatic heterocycles. The number of anilines is 1. The molecule has 0 atom stereocenters. The van der Waals surface area contributed by atoms with Gasteiger partial charge in [0.15, 0.2) is 5.82 Å². The van der Waals surface area contributed by atoms with Crippen LogP contribution < -0.4 is 5.32 Å². The van der Waals surface area contributed by atoms with Crippen LogP contribution in [-0.4, -0.2) is 32.6 Å². The lowest BCUT2D eigenvalue weighted by atomic mass is 10.1. The summed E-state index contributed by atoms with van der Waals surface area (Å²) in [5.41, 5.74) is 3.80. The van der Waals surface area contributed by atoms with E-state index in [0.29, 0.717) is 41.0 Å². The van der Waals surface area contributed by atoms with Gasteiger partial charge in [-0.05, 0) is 37.1 Å². The van der Waals surface area contributed by atoms with E-state index < -0.39 is 0 Å². The van der Waals surface area contributed by atoms with Crippen LogP contribution in [0.1, 0.15) is 26.6 Å². The highest BCUT2D eigenvalue weighted by Gasteiger charge is 2.27. The summed E-state index contributed by atoms with van der Waals surface area (Å²) in [4.78, 5) is 26.8. The predicted molar refractivity (Wildman–Crippen MR) is 103 cm³/mol. The molecule has 1 amide bonds. The van der Waals surface area contributed by atoms with Gasteiger partial charge in [-0.1, -0.05) is 5.16 Å². The summed E-state index contributed by atoms with van der Waals surface area (Å²) in [6.45, 7) is 2.91. The van der Waals surface area contributed by atoms with Crippen LogP contribution in [0, 0.1) is 6.92 Å². The number of hydrogen-bond donors (Lipinski definition) is 1. The fourth-order valence-corrected chi connectivity index (χ4v) is 4.40. The van der Waals surface area contributed by atoms with Crippen LogP contribution in [0.3, 0.4) is 0 Å². The lowest BCUT2D eigenvalue weighted by Crippen LogP contribution is -2.12. The number of fused-ring (bicyclic) bond motifs is 2. The molecule has 9 heteroatoms. The van der Waals surface area contributed by atoms with Gasteiger partial charge < -0.3 is 14.6 Å². The third-order valence-electron chi connectivity index (χ3n) is 4.52. The Morgan fingerprint density at radius 1 is 1.21 bits per heavy atom. The zero-order valence-electron chi connectivity index (χ0n) is 14.9. The summed E-state index contributed by atoms with van der Waals surface area (Å²) < 4.78 is 11.0. The second-order valence-corrected chi connectivity index (χ2v) is 7.48. The Labute approximate surface area is 163 Å². The fourth-order valence-electron chi connectivity index (χ4n) is 3.23. The summed E-state index contributed by atoms with van der Waals surface area (Å²) in [5, 5.41) is 7.58. The Morgan fingerprint density at radius 3 is 2.89 bits per heavy atom. The number of ether oxygens (including phenoxy) is 1. The highest BCUT2D eigenvalue weighted by molar-refractivity contribution is 7.17. The smallest absolute Gasteiger partial charge is 0.261 e. The minimum absolute atomic E-state index is 0.232. The molecule has 5 rings (SSSR count). The van der Waals surface area contributed by atoms with Crippen molar-refractivity contribution in [2.45, 2.75) is 20.0 Å². The molecule has 28 heavy (non-hydrogen) atoms. The molecule has 140 valence electrons. The normalized spacial score (nSPS) is 13.5. The van der Waals surface area contributed by atoms with Gasteiger partial charge >= 0.3 is 0 Å². The van der Waals surface area contributed by atoms with Gasteiger partial charge in [0.2, 0.25) is 0 Å². The fraction of sp³-hybridized carbons (Fsp3) is 0.211. The van der Waals surface area contributed by atoms with Gasteiger partial charge in [-0.25, -0.2) is 0 Å². The van der Waals surface area contributed by atoms with Gasteiger partial charge in [0.05, 0.1) is 29.8 Å². The van der Waals surface area contributed by atoms with Crippen LogP contribution in [0.2, 0.25) is 0 Å². The molecule has 0 bridgehead atoms. The van der Waals surface area contributed by atoms with E-state index in [-0.39, 0.29) is 5.91 Å². The second kappa shape index (κ2) is 6.77. The van der Waals surface area contributed by atoms with E-state index in [1.165, 1.54) is 11.3 Å². The maximum Gasteiger partial charge on any atom is 0.261 e. The van der Waals surface area contributed by atoms with Crippen molar-refractivity contribution in [2.75, 3.05) is 11.9 Å². The van der Waals surface area contributed by atoms with Crippen LogP contribution in [0.4, 0.5) is 5.00 Å². The van der Waals surface area contributed by atoms with Crippen LogP contribution in [0.5, 0.6) is 0 Å². The number of nitrogens with zero attached hydrogens (tertiary/aromatic N) is 4. The highest BCUT2D eigenvalue weighted by Crippen LogP contribution is 2.42. The van der Waals surface area contributed by atoms with Crippen molar-refractivity contribution >= 4 is 33.3 Å². The first-order chi connectivity index (χ1) is 13.7. The highest BCUT2D eigenvalue weighted by atomic mass is 32.1. The minimum atomic E-state index is -0.232. The van der Waals surface area contributed by atoms with Crippen molar-refractivity contribution < 1.29 is 14.1 Å². The van der Waals surface area contributed by atoms with Crippen LogP contribution in [0.15, 0.2) is 35.1 Å². The van der Waals surface area contributed by atoms with E-state index in [4.69, 9.17) is 9.26 Å². The standard InChI is InChI=1S/C19H15N5O3S/c1-10-22-18(27-24-10)16-12-4-7-26-9-15(12)28-19(16)23-17(25)11-2-3-13-14(8-11)21-6-5-20-13/h2-3,5-6,8H,4,7,9H2,1H3,(H,23,25). The van der Waals surface area contributed by atoms with E-state index in [2.05, 4.69) is 25.4 Å². The number of carbonyl (C=O) groups is 1. The topological polar surface area (TPSA) is 103 Å². The summed E-state index contributed by atoms with van der Waals surface area (Å²) in [6, 6.07) is 5.25. The Balaban J connectivity index is 1.53. The second-order valence-electron chi connectivity index (χ2n) is 6.37. The number of carbonyl (C=O) groups excluding carboxylic acids is 1. The number of rotatable bonds is 3. The lowest BCUT2D eigenvalue weighted by Gasteiger charge is -2.12. The molecule has 0 radical (unpaired) electrons. The van der Waals surface area contributed by atoms with Gasteiger partial charge in [-0.3, -0.25) is 14.8 Å². The molecule has 0 spiro atoms. The first-order valence-electron chi connectivity index (χ1n) is 8.74. The molecular formula is C19H15N5O3S. The molecule has 1 aliphatic heterocycles. The number of aryl methyl sites for hydroxylation is 1.